The Hall–Kier alpha value is -0.860. The fourth-order valence-electron chi connectivity index (χ4n) is 4.21. The van der Waals surface area contributed by atoms with Crippen LogP contribution in [-0.4, -0.2) is 16.1 Å². The van der Waals surface area contributed by atoms with Crippen LogP contribution in [0.5, 0.6) is 0 Å². The maximum Gasteiger partial charge on any atom is 0.105 e. The molecule has 1 heterocycles. The number of hydroxylamine groups is 2. The molecule has 0 bridgehead atoms. The summed E-state index contributed by atoms with van der Waals surface area (Å²) in [7, 11) is 0. The van der Waals surface area contributed by atoms with Crippen LogP contribution < -0.4 is 0 Å². The van der Waals surface area contributed by atoms with E-state index in [2.05, 4.69) is 57.0 Å². The van der Waals surface area contributed by atoms with Crippen LogP contribution in [0.4, 0.5) is 0 Å². The Morgan fingerprint density at radius 2 is 1.67 bits per heavy atom. The van der Waals surface area contributed by atoms with Crippen molar-refractivity contribution in [1.29, 1.82) is 0 Å². The monoisotopic (exact) mass is 287 g/mol. The fraction of sp³-hybridized carbons (Fsp3) is 0.684. The van der Waals surface area contributed by atoms with Gasteiger partial charge in [-0.2, -0.15) is 5.06 Å². The summed E-state index contributed by atoms with van der Waals surface area (Å²) in [6, 6.07) is 8.81. The molecule has 21 heavy (non-hydrogen) atoms. The van der Waals surface area contributed by atoms with E-state index >= 15 is 0 Å². The minimum Gasteiger partial charge on any atom is -0.290 e. The topological polar surface area (TPSA) is 12.5 Å². The first-order valence-corrected chi connectivity index (χ1v) is 8.45. The predicted octanol–water partition coefficient (Wildman–Crippen LogP) is 5.04. The zero-order chi connectivity index (χ0) is 15.1. The highest BCUT2D eigenvalue weighted by molar-refractivity contribution is 5.31. The number of fused-ring (bicyclic) bond motifs is 1. The van der Waals surface area contributed by atoms with E-state index in [0.717, 1.165) is 6.42 Å². The summed E-state index contributed by atoms with van der Waals surface area (Å²) in [4.78, 5) is 6.62. The number of piperidine rings is 1. The standard InChI is InChI=1S/C19H29NO/c1-18(2)13-8-14-19(3,4)20(18)21-17-12-7-10-15-9-5-6-11-16(15)17/h5-6,9,11,17H,7-8,10,12-14H2,1-4H3/t17-/m0/s1. The Morgan fingerprint density at radius 3 is 2.38 bits per heavy atom. The van der Waals surface area contributed by atoms with Gasteiger partial charge in [-0.05, 0) is 77.3 Å². The largest absolute Gasteiger partial charge is 0.290 e. The van der Waals surface area contributed by atoms with Crippen LogP contribution in [0.25, 0.3) is 0 Å². The number of aryl methyl sites for hydroxylation is 1. The lowest BCUT2D eigenvalue weighted by atomic mass is 9.82. The molecule has 3 rings (SSSR count). The summed E-state index contributed by atoms with van der Waals surface area (Å²) in [5.41, 5.74) is 3.12. The first kappa shape index (κ1) is 15.1. The van der Waals surface area contributed by atoms with Gasteiger partial charge in [0, 0.05) is 11.1 Å². The van der Waals surface area contributed by atoms with Gasteiger partial charge in [-0.15, -0.1) is 0 Å². The van der Waals surface area contributed by atoms with Crippen molar-refractivity contribution in [3.05, 3.63) is 35.4 Å². The lowest BCUT2D eigenvalue weighted by molar-refractivity contribution is -0.309. The molecule has 1 fully saturated rings. The highest BCUT2D eigenvalue weighted by atomic mass is 16.7. The molecular weight excluding hydrogens is 258 g/mol. The third kappa shape index (κ3) is 2.89. The van der Waals surface area contributed by atoms with E-state index < -0.39 is 0 Å². The van der Waals surface area contributed by atoms with Gasteiger partial charge in [0.25, 0.3) is 0 Å². The SMILES string of the molecule is CC1(C)CCCC(C)(C)N1O[C@H]1CCCc2ccccc21. The van der Waals surface area contributed by atoms with Gasteiger partial charge in [-0.1, -0.05) is 24.3 Å². The van der Waals surface area contributed by atoms with Gasteiger partial charge in [0.15, 0.2) is 0 Å². The van der Waals surface area contributed by atoms with Crippen LogP contribution in [-0.2, 0) is 11.3 Å². The fourth-order valence-corrected chi connectivity index (χ4v) is 4.21. The van der Waals surface area contributed by atoms with Gasteiger partial charge in [-0.25, -0.2) is 0 Å². The second-order valence-electron chi connectivity index (χ2n) is 7.96. The highest BCUT2D eigenvalue weighted by Crippen LogP contribution is 2.42. The predicted molar refractivity (Wildman–Crippen MR) is 87.1 cm³/mol. The molecule has 116 valence electrons. The van der Waals surface area contributed by atoms with Crippen molar-refractivity contribution in [3.8, 4) is 0 Å². The van der Waals surface area contributed by atoms with E-state index in [1.165, 1.54) is 43.2 Å². The Balaban J connectivity index is 1.86. The summed E-state index contributed by atoms with van der Waals surface area (Å²) in [5.74, 6) is 0. The molecule has 0 amide bonds. The van der Waals surface area contributed by atoms with Crippen molar-refractivity contribution >= 4 is 0 Å². The third-order valence-electron chi connectivity index (χ3n) is 5.22. The molecule has 1 aromatic carbocycles. The van der Waals surface area contributed by atoms with E-state index in [1.54, 1.807) is 0 Å². The summed E-state index contributed by atoms with van der Waals surface area (Å²) >= 11 is 0. The smallest absolute Gasteiger partial charge is 0.105 e. The Labute approximate surface area is 129 Å². The second-order valence-corrected chi connectivity index (χ2v) is 7.96. The molecule has 1 aliphatic carbocycles. The average Bonchev–Trinajstić information content (AvgIpc) is 2.42. The summed E-state index contributed by atoms with van der Waals surface area (Å²) in [6.07, 6.45) is 7.52. The number of hydrogen-bond donors (Lipinski definition) is 0. The number of benzene rings is 1. The van der Waals surface area contributed by atoms with E-state index in [4.69, 9.17) is 4.84 Å². The average molecular weight is 287 g/mol. The van der Waals surface area contributed by atoms with E-state index in [1.807, 2.05) is 0 Å². The highest BCUT2D eigenvalue weighted by Gasteiger charge is 2.44. The second kappa shape index (κ2) is 5.40. The molecule has 0 radical (unpaired) electrons. The molecule has 1 atom stereocenters. The number of nitrogens with zero attached hydrogens (tertiary/aromatic N) is 1. The van der Waals surface area contributed by atoms with Gasteiger partial charge in [0.1, 0.15) is 6.10 Å². The zero-order valence-electron chi connectivity index (χ0n) is 14.0. The maximum atomic E-state index is 6.62. The van der Waals surface area contributed by atoms with Gasteiger partial charge in [0.05, 0.1) is 0 Å². The molecule has 2 heteroatoms. The molecule has 0 aromatic heterocycles. The van der Waals surface area contributed by atoms with Crippen LogP contribution in [0.1, 0.15) is 77.0 Å². The first-order chi connectivity index (χ1) is 9.90. The molecule has 1 aromatic rings. The van der Waals surface area contributed by atoms with Crippen LogP contribution in [0, 0.1) is 0 Å². The Bertz CT molecular complexity index is 490. The lowest BCUT2D eigenvalue weighted by Gasteiger charge is -2.52. The first-order valence-electron chi connectivity index (χ1n) is 8.45. The number of rotatable bonds is 2. The quantitative estimate of drug-likeness (QED) is 0.755. The van der Waals surface area contributed by atoms with Crippen molar-refractivity contribution in [3.63, 3.8) is 0 Å². The maximum absolute atomic E-state index is 6.62. The molecule has 0 N–H and O–H groups in total. The van der Waals surface area contributed by atoms with E-state index in [0.29, 0.717) is 0 Å². The molecule has 1 aliphatic heterocycles. The summed E-state index contributed by atoms with van der Waals surface area (Å²) < 4.78 is 0. The van der Waals surface area contributed by atoms with Gasteiger partial charge in [-0.3, -0.25) is 4.84 Å². The normalized spacial score (nSPS) is 28.1. The number of hydrogen-bond acceptors (Lipinski definition) is 2. The lowest BCUT2D eigenvalue weighted by Crippen LogP contribution is -2.58. The molecule has 0 spiro atoms. The molecule has 1 saturated heterocycles. The molecule has 0 unspecified atom stereocenters. The van der Waals surface area contributed by atoms with Crippen LogP contribution in [0.2, 0.25) is 0 Å². The Morgan fingerprint density at radius 1 is 1.00 bits per heavy atom. The molecule has 2 nitrogen and oxygen atoms in total. The summed E-state index contributed by atoms with van der Waals surface area (Å²) in [5, 5.41) is 2.32. The van der Waals surface area contributed by atoms with Crippen LogP contribution in [0.3, 0.4) is 0 Å². The van der Waals surface area contributed by atoms with Crippen molar-refractivity contribution in [2.24, 2.45) is 0 Å². The van der Waals surface area contributed by atoms with Gasteiger partial charge < -0.3 is 0 Å². The van der Waals surface area contributed by atoms with Crippen molar-refractivity contribution in [1.82, 2.24) is 5.06 Å². The zero-order valence-corrected chi connectivity index (χ0v) is 14.0. The Kier molecular flexibility index (Phi) is 3.87. The molecule has 0 saturated carbocycles. The molecular formula is C19H29NO. The van der Waals surface area contributed by atoms with E-state index in [-0.39, 0.29) is 17.2 Å². The van der Waals surface area contributed by atoms with Gasteiger partial charge in [0.2, 0.25) is 0 Å². The minimum atomic E-state index is 0.119. The van der Waals surface area contributed by atoms with Gasteiger partial charge >= 0.3 is 0 Å². The van der Waals surface area contributed by atoms with Crippen LogP contribution >= 0.6 is 0 Å². The van der Waals surface area contributed by atoms with Crippen molar-refractivity contribution < 1.29 is 4.84 Å². The third-order valence-corrected chi connectivity index (χ3v) is 5.22. The van der Waals surface area contributed by atoms with Crippen molar-refractivity contribution in [2.75, 3.05) is 0 Å². The van der Waals surface area contributed by atoms with Crippen molar-refractivity contribution in [2.45, 2.75) is 83.4 Å². The molecule has 2 aliphatic rings. The summed E-state index contributed by atoms with van der Waals surface area (Å²) in [6.45, 7) is 9.29. The van der Waals surface area contributed by atoms with Crippen LogP contribution in [0.15, 0.2) is 24.3 Å². The minimum absolute atomic E-state index is 0.119. The van der Waals surface area contributed by atoms with E-state index in [9.17, 15) is 0 Å².